The highest BCUT2D eigenvalue weighted by Gasteiger charge is 2.32. The number of hydrogen-bond acceptors (Lipinski definition) is 8. The number of anilines is 3. The minimum atomic E-state index is -0.432. The molecule has 1 aliphatic rings. The number of aromatic nitrogens is 4. The Bertz CT molecular complexity index is 1020. The molecule has 0 saturated carbocycles. The highest BCUT2D eigenvalue weighted by Crippen LogP contribution is 2.37. The summed E-state index contributed by atoms with van der Waals surface area (Å²) < 4.78 is 0. The Morgan fingerprint density at radius 1 is 1.00 bits per heavy atom. The lowest BCUT2D eigenvalue weighted by Crippen LogP contribution is -2.18. The predicted molar refractivity (Wildman–Crippen MR) is 116 cm³/mol. The van der Waals surface area contributed by atoms with Gasteiger partial charge in [0.05, 0.1) is 11.8 Å². The molecule has 8 heteroatoms. The Balaban J connectivity index is 1.83. The molecule has 0 radical (unpaired) electrons. The summed E-state index contributed by atoms with van der Waals surface area (Å²) in [6.07, 6.45) is 1.79. The summed E-state index contributed by atoms with van der Waals surface area (Å²) in [5.74, 6) is 1.71. The molecule has 0 fully saturated rings. The Labute approximate surface area is 170 Å². The molecule has 0 amide bonds. The molecular weight excluding hydrogens is 366 g/mol. The summed E-state index contributed by atoms with van der Waals surface area (Å²) in [4.78, 5) is 18.5. The number of benzene rings is 1. The first kappa shape index (κ1) is 19.3. The minimum Gasteiger partial charge on any atom is -0.392 e. The molecule has 1 aliphatic carbocycles. The van der Waals surface area contributed by atoms with E-state index in [0.717, 1.165) is 18.7 Å². The summed E-state index contributed by atoms with van der Waals surface area (Å²) in [5.41, 5.74) is 4.59. The topological polar surface area (TPSA) is 108 Å². The lowest BCUT2D eigenvalue weighted by molar-refractivity contribution is 0.156. The molecule has 2 atom stereocenters. The fourth-order valence-corrected chi connectivity index (χ4v) is 3.92. The maximum Gasteiger partial charge on any atom is 0.225 e. The summed E-state index contributed by atoms with van der Waals surface area (Å²) in [7, 11) is 3.59. The smallest absolute Gasteiger partial charge is 0.225 e. The van der Waals surface area contributed by atoms with Crippen molar-refractivity contribution >= 4 is 28.7 Å². The van der Waals surface area contributed by atoms with Crippen LogP contribution in [0.25, 0.3) is 11.0 Å². The minimum absolute atomic E-state index is 0.0194. The Hall–Kier alpha value is -3.00. The average molecular weight is 393 g/mol. The third kappa shape index (κ3) is 3.67. The van der Waals surface area contributed by atoms with Gasteiger partial charge >= 0.3 is 0 Å². The van der Waals surface area contributed by atoms with Gasteiger partial charge in [-0.15, -0.1) is 0 Å². The van der Waals surface area contributed by atoms with Crippen molar-refractivity contribution in [2.75, 3.05) is 36.6 Å². The van der Waals surface area contributed by atoms with Crippen molar-refractivity contribution in [3.05, 3.63) is 41.1 Å². The number of fused-ring (bicyclic) bond motifs is 2. The van der Waals surface area contributed by atoms with E-state index in [0.29, 0.717) is 41.6 Å². The maximum absolute atomic E-state index is 10.7. The molecule has 29 heavy (non-hydrogen) atoms. The first-order chi connectivity index (χ1) is 14.1. The van der Waals surface area contributed by atoms with Crippen molar-refractivity contribution in [3.63, 3.8) is 0 Å². The van der Waals surface area contributed by atoms with Crippen LogP contribution < -0.4 is 16.0 Å². The van der Waals surface area contributed by atoms with Gasteiger partial charge in [0.1, 0.15) is 11.0 Å². The van der Waals surface area contributed by atoms with Crippen molar-refractivity contribution in [1.29, 1.82) is 0 Å². The quantitative estimate of drug-likeness (QED) is 0.485. The van der Waals surface area contributed by atoms with E-state index in [2.05, 4.69) is 50.0 Å². The van der Waals surface area contributed by atoms with E-state index in [-0.39, 0.29) is 5.92 Å². The second-order valence-corrected chi connectivity index (χ2v) is 7.29. The zero-order chi connectivity index (χ0) is 20.4. The van der Waals surface area contributed by atoms with Gasteiger partial charge in [-0.05, 0) is 24.0 Å². The Morgan fingerprint density at radius 3 is 2.48 bits per heavy atom. The van der Waals surface area contributed by atoms with Crippen LogP contribution in [0, 0.1) is 0 Å². The van der Waals surface area contributed by atoms with Crippen LogP contribution in [0.3, 0.4) is 0 Å². The number of nitrogens with zero attached hydrogens (tertiary/aromatic N) is 4. The fourth-order valence-electron chi connectivity index (χ4n) is 3.92. The normalized spacial score (nSPS) is 17.9. The van der Waals surface area contributed by atoms with Crippen molar-refractivity contribution < 1.29 is 5.11 Å². The van der Waals surface area contributed by atoms with Crippen molar-refractivity contribution in [2.45, 2.75) is 38.2 Å². The fraction of sp³-hybridized carbons (Fsp3) is 0.429. The van der Waals surface area contributed by atoms with Gasteiger partial charge in [0.15, 0.2) is 5.82 Å². The van der Waals surface area contributed by atoms with E-state index in [1.807, 2.05) is 12.1 Å². The first-order valence-electron chi connectivity index (χ1n) is 10.1. The highest BCUT2D eigenvalue weighted by molar-refractivity contribution is 5.88. The lowest BCUT2D eigenvalue weighted by Gasteiger charge is -2.18. The monoisotopic (exact) mass is 393 g/mol. The zero-order valence-corrected chi connectivity index (χ0v) is 17.0. The van der Waals surface area contributed by atoms with Gasteiger partial charge in [0, 0.05) is 33.0 Å². The van der Waals surface area contributed by atoms with Gasteiger partial charge in [-0.2, -0.15) is 4.98 Å². The van der Waals surface area contributed by atoms with Crippen molar-refractivity contribution in [2.24, 2.45) is 0 Å². The van der Waals surface area contributed by atoms with E-state index in [1.54, 1.807) is 14.1 Å². The molecule has 0 spiro atoms. The number of nitrogens with one attached hydrogen (secondary N) is 3. The third-order valence-electron chi connectivity index (χ3n) is 5.37. The molecular formula is C21H27N7O. The largest absolute Gasteiger partial charge is 0.392 e. The van der Waals surface area contributed by atoms with Gasteiger partial charge in [-0.3, -0.25) is 0 Å². The summed E-state index contributed by atoms with van der Waals surface area (Å²) in [6.45, 7) is 2.89. The van der Waals surface area contributed by atoms with Crippen LogP contribution in [0.2, 0.25) is 0 Å². The molecule has 0 saturated heterocycles. The zero-order valence-electron chi connectivity index (χ0n) is 17.0. The third-order valence-corrected chi connectivity index (χ3v) is 5.37. The van der Waals surface area contributed by atoms with E-state index in [9.17, 15) is 5.11 Å². The molecule has 2 heterocycles. The molecule has 1 aromatic carbocycles. The first-order valence-corrected chi connectivity index (χ1v) is 10.1. The molecule has 4 rings (SSSR count). The number of aliphatic hydroxyl groups excluding tert-OH is 1. The Morgan fingerprint density at radius 2 is 1.72 bits per heavy atom. The molecule has 3 aromatic rings. The predicted octanol–water partition coefficient (Wildman–Crippen LogP) is 2.57. The summed E-state index contributed by atoms with van der Waals surface area (Å²) in [6, 6.07) is 8.23. The van der Waals surface area contributed by atoms with Crippen LogP contribution in [0.4, 0.5) is 17.7 Å². The standard InChI is InChI=1S/C21H27N7O/c1-4-9-24-19-18-17(26-21(23-3)28-19)15(25-20(22-2)27-18)11-14-13-8-6-5-7-12(13)10-16(14)29/h5-8,14,16,29H,4,9-11H2,1-3H3,(H,22,25,27)(H2,23,24,26,28)/t14-,16-/m0/s1. The molecule has 0 bridgehead atoms. The van der Waals surface area contributed by atoms with E-state index >= 15 is 0 Å². The lowest BCUT2D eigenvalue weighted by atomic mass is 9.94. The summed E-state index contributed by atoms with van der Waals surface area (Å²) in [5, 5.41) is 20.1. The molecule has 2 aromatic heterocycles. The molecule has 0 aliphatic heterocycles. The van der Waals surface area contributed by atoms with Crippen LogP contribution in [0.15, 0.2) is 24.3 Å². The van der Waals surface area contributed by atoms with Crippen molar-refractivity contribution in [1.82, 2.24) is 19.9 Å². The van der Waals surface area contributed by atoms with Gasteiger partial charge in [-0.1, -0.05) is 31.2 Å². The van der Waals surface area contributed by atoms with Gasteiger partial charge in [-0.25, -0.2) is 15.0 Å². The molecule has 8 nitrogen and oxygen atoms in total. The Kier molecular flexibility index (Phi) is 5.44. The van der Waals surface area contributed by atoms with Gasteiger partial charge in [0.2, 0.25) is 11.9 Å². The molecule has 152 valence electrons. The van der Waals surface area contributed by atoms with E-state index < -0.39 is 6.10 Å². The second-order valence-electron chi connectivity index (χ2n) is 7.29. The summed E-state index contributed by atoms with van der Waals surface area (Å²) >= 11 is 0. The van der Waals surface area contributed by atoms with Crippen LogP contribution >= 0.6 is 0 Å². The van der Waals surface area contributed by atoms with Crippen LogP contribution in [0.5, 0.6) is 0 Å². The van der Waals surface area contributed by atoms with Crippen LogP contribution in [-0.2, 0) is 12.8 Å². The SMILES string of the molecule is CCCNc1nc(NC)nc2c(C[C@H]3c4ccccc4C[C@@H]3O)nc(NC)nc12. The number of rotatable bonds is 7. The molecule has 0 unspecified atom stereocenters. The van der Waals surface area contributed by atoms with Crippen LogP contribution in [0.1, 0.15) is 36.1 Å². The van der Waals surface area contributed by atoms with E-state index in [1.165, 1.54) is 11.1 Å². The number of aliphatic hydroxyl groups is 1. The number of hydrogen-bond donors (Lipinski definition) is 4. The average Bonchev–Trinajstić information content (AvgIpc) is 3.06. The van der Waals surface area contributed by atoms with Crippen LogP contribution in [-0.4, -0.2) is 51.8 Å². The van der Waals surface area contributed by atoms with Gasteiger partial charge in [0.25, 0.3) is 0 Å². The van der Waals surface area contributed by atoms with Crippen molar-refractivity contribution in [3.8, 4) is 0 Å². The second kappa shape index (κ2) is 8.16. The highest BCUT2D eigenvalue weighted by atomic mass is 16.3. The van der Waals surface area contributed by atoms with E-state index in [4.69, 9.17) is 4.98 Å². The molecule has 4 N–H and O–H groups in total. The maximum atomic E-state index is 10.7. The van der Waals surface area contributed by atoms with Gasteiger partial charge < -0.3 is 21.1 Å².